The second kappa shape index (κ2) is 6.10. The van der Waals surface area contributed by atoms with Crippen molar-refractivity contribution in [3.63, 3.8) is 0 Å². The van der Waals surface area contributed by atoms with Crippen LogP contribution in [-0.4, -0.2) is 15.1 Å². The highest BCUT2D eigenvalue weighted by atomic mass is 79.9. The third kappa shape index (κ3) is 4.18. The molecule has 0 saturated carbocycles. The number of halogens is 1. The summed E-state index contributed by atoms with van der Waals surface area (Å²) in [6, 6.07) is 6.56. The van der Waals surface area contributed by atoms with Gasteiger partial charge >= 0.3 is 0 Å². The van der Waals surface area contributed by atoms with E-state index in [1.165, 1.54) is 11.1 Å². The predicted octanol–water partition coefficient (Wildman–Crippen LogP) is 3.89. The van der Waals surface area contributed by atoms with E-state index >= 15 is 0 Å². The molecule has 1 aromatic heterocycles. The van der Waals surface area contributed by atoms with Gasteiger partial charge in [-0.15, -0.1) is 0 Å². The van der Waals surface area contributed by atoms with Crippen molar-refractivity contribution in [1.29, 1.82) is 0 Å². The molecule has 0 spiro atoms. The van der Waals surface area contributed by atoms with Gasteiger partial charge in [0, 0.05) is 35.5 Å². The summed E-state index contributed by atoms with van der Waals surface area (Å²) in [6.07, 6.45) is 3.85. The van der Waals surface area contributed by atoms with Crippen molar-refractivity contribution in [2.24, 2.45) is 0 Å². The first-order chi connectivity index (χ1) is 9.35. The minimum Gasteiger partial charge on any atom is -0.331 e. The molecule has 108 valence electrons. The Kier molecular flexibility index (Phi) is 4.66. The highest BCUT2D eigenvalue weighted by molar-refractivity contribution is 9.10. The van der Waals surface area contributed by atoms with E-state index in [4.69, 9.17) is 0 Å². The molecule has 0 aliphatic rings. The first-order valence-electron chi connectivity index (χ1n) is 6.85. The summed E-state index contributed by atoms with van der Waals surface area (Å²) in [4.78, 5) is 4.25. The lowest BCUT2D eigenvalue weighted by Crippen LogP contribution is -2.35. The minimum atomic E-state index is 0.138. The van der Waals surface area contributed by atoms with E-state index in [1.807, 2.05) is 19.3 Å². The Hall–Kier alpha value is -1.13. The maximum absolute atomic E-state index is 4.25. The Morgan fingerprint density at radius 1 is 1.30 bits per heavy atom. The summed E-state index contributed by atoms with van der Waals surface area (Å²) < 4.78 is 3.30. The van der Waals surface area contributed by atoms with Crippen LogP contribution in [0.1, 0.15) is 37.7 Å². The fourth-order valence-electron chi connectivity index (χ4n) is 1.95. The molecule has 0 atom stereocenters. The van der Waals surface area contributed by atoms with Crippen molar-refractivity contribution in [3.8, 4) is 0 Å². The van der Waals surface area contributed by atoms with Crippen LogP contribution in [-0.2, 0) is 13.1 Å². The van der Waals surface area contributed by atoms with E-state index in [0.717, 1.165) is 23.4 Å². The lowest BCUT2D eigenvalue weighted by Gasteiger charge is -2.21. The van der Waals surface area contributed by atoms with Crippen LogP contribution in [0.25, 0.3) is 0 Å². The molecule has 0 amide bonds. The first-order valence-corrected chi connectivity index (χ1v) is 7.64. The van der Waals surface area contributed by atoms with Gasteiger partial charge in [-0.25, -0.2) is 4.98 Å². The summed E-state index contributed by atoms with van der Waals surface area (Å²) in [5, 5.41) is 3.50. The van der Waals surface area contributed by atoms with Crippen LogP contribution in [0.2, 0.25) is 0 Å². The number of aromatic nitrogens is 2. The molecule has 0 aliphatic heterocycles. The Labute approximate surface area is 129 Å². The van der Waals surface area contributed by atoms with Gasteiger partial charge in [-0.2, -0.15) is 0 Å². The fraction of sp³-hybridized carbons (Fsp3) is 0.438. The normalized spacial score (nSPS) is 11.8. The molecule has 1 heterocycles. The van der Waals surface area contributed by atoms with Crippen molar-refractivity contribution in [1.82, 2.24) is 14.9 Å². The van der Waals surface area contributed by atoms with Crippen LogP contribution in [0.4, 0.5) is 0 Å². The maximum Gasteiger partial charge on any atom is 0.105 e. The molecule has 0 unspecified atom stereocenters. The van der Waals surface area contributed by atoms with E-state index in [9.17, 15) is 0 Å². The zero-order valence-electron chi connectivity index (χ0n) is 12.6. The largest absolute Gasteiger partial charge is 0.331 e. The van der Waals surface area contributed by atoms with Crippen molar-refractivity contribution < 1.29 is 0 Å². The summed E-state index contributed by atoms with van der Waals surface area (Å²) in [5.41, 5.74) is 2.70. The smallest absolute Gasteiger partial charge is 0.105 e. The number of rotatable bonds is 4. The average Bonchev–Trinajstić information content (AvgIpc) is 2.75. The lowest BCUT2D eigenvalue weighted by molar-refractivity contribution is 0.424. The van der Waals surface area contributed by atoms with E-state index < -0.39 is 0 Å². The molecule has 0 bridgehead atoms. The van der Waals surface area contributed by atoms with Gasteiger partial charge in [0.05, 0.1) is 0 Å². The van der Waals surface area contributed by atoms with Gasteiger partial charge in [0.2, 0.25) is 0 Å². The monoisotopic (exact) mass is 335 g/mol. The highest BCUT2D eigenvalue weighted by Gasteiger charge is 2.09. The minimum absolute atomic E-state index is 0.138. The third-order valence-corrected chi connectivity index (χ3v) is 3.94. The number of hydrogen-bond acceptors (Lipinski definition) is 2. The number of imidazole rings is 1. The van der Waals surface area contributed by atoms with Crippen molar-refractivity contribution >= 4 is 15.9 Å². The standard InChI is InChI=1S/C16H22BrN3/c1-12-18-7-8-20(12)11-14-6-5-13(9-15(14)17)10-19-16(2,3)4/h5-9,19H,10-11H2,1-4H3. The Balaban J connectivity index is 2.08. The van der Waals surface area contributed by atoms with Crippen LogP contribution in [0.15, 0.2) is 35.1 Å². The molecular weight excluding hydrogens is 314 g/mol. The van der Waals surface area contributed by atoms with E-state index in [-0.39, 0.29) is 5.54 Å². The summed E-state index contributed by atoms with van der Waals surface area (Å²) in [6.45, 7) is 10.3. The molecular formula is C16H22BrN3. The van der Waals surface area contributed by atoms with Gasteiger partial charge in [0.1, 0.15) is 5.82 Å². The second-order valence-electron chi connectivity index (χ2n) is 6.13. The van der Waals surface area contributed by atoms with Gasteiger partial charge < -0.3 is 9.88 Å². The zero-order chi connectivity index (χ0) is 14.8. The molecule has 0 aliphatic carbocycles. The Bertz CT molecular complexity index is 582. The van der Waals surface area contributed by atoms with Crippen molar-refractivity contribution in [3.05, 3.63) is 52.0 Å². The molecule has 0 radical (unpaired) electrons. The Morgan fingerprint density at radius 2 is 2.05 bits per heavy atom. The van der Waals surface area contributed by atoms with E-state index in [1.54, 1.807) is 0 Å². The maximum atomic E-state index is 4.25. The summed E-state index contributed by atoms with van der Waals surface area (Å²) in [5.74, 6) is 1.04. The highest BCUT2D eigenvalue weighted by Crippen LogP contribution is 2.20. The van der Waals surface area contributed by atoms with Crippen LogP contribution >= 0.6 is 15.9 Å². The number of hydrogen-bond donors (Lipinski definition) is 1. The van der Waals surface area contributed by atoms with Crippen LogP contribution in [0, 0.1) is 6.92 Å². The lowest BCUT2D eigenvalue weighted by atomic mass is 10.1. The topological polar surface area (TPSA) is 29.9 Å². The first kappa shape index (κ1) is 15.3. The van der Waals surface area contributed by atoms with Gasteiger partial charge in [-0.05, 0) is 44.9 Å². The van der Waals surface area contributed by atoms with E-state index in [0.29, 0.717) is 0 Å². The van der Waals surface area contributed by atoms with Gasteiger partial charge in [-0.3, -0.25) is 0 Å². The molecule has 1 N–H and O–H groups in total. The van der Waals surface area contributed by atoms with E-state index in [2.05, 4.69) is 69.8 Å². The zero-order valence-corrected chi connectivity index (χ0v) is 14.2. The Morgan fingerprint density at radius 3 is 2.60 bits per heavy atom. The van der Waals surface area contributed by atoms with Crippen LogP contribution < -0.4 is 5.32 Å². The molecule has 4 heteroatoms. The summed E-state index contributed by atoms with van der Waals surface area (Å²) in [7, 11) is 0. The summed E-state index contributed by atoms with van der Waals surface area (Å²) >= 11 is 3.68. The molecule has 2 aromatic rings. The van der Waals surface area contributed by atoms with Gasteiger partial charge in [0.25, 0.3) is 0 Å². The van der Waals surface area contributed by atoms with Crippen LogP contribution in [0.5, 0.6) is 0 Å². The molecule has 1 aromatic carbocycles. The van der Waals surface area contributed by atoms with Crippen LogP contribution in [0.3, 0.4) is 0 Å². The quantitative estimate of drug-likeness (QED) is 0.918. The second-order valence-corrected chi connectivity index (χ2v) is 6.99. The number of benzene rings is 1. The SMILES string of the molecule is Cc1nccn1Cc1ccc(CNC(C)(C)C)cc1Br. The predicted molar refractivity (Wildman–Crippen MR) is 86.8 cm³/mol. The molecule has 0 saturated heterocycles. The number of nitrogens with zero attached hydrogens (tertiary/aromatic N) is 2. The average molecular weight is 336 g/mol. The number of aryl methyl sites for hydroxylation is 1. The molecule has 2 rings (SSSR count). The number of nitrogens with one attached hydrogen (secondary N) is 1. The van der Waals surface area contributed by atoms with Gasteiger partial charge in [0.15, 0.2) is 0 Å². The van der Waals surface area contributed by atoms with Crippen molar-refractivity contribution in [2.75, 3.05) is 0 Å². The third-order valence-electron chi connectivity index (χ3n) is 3.20. The van der Waals surface area contributed by atoms with Gasteiger partial charge in [-0.1, -0.05) is 28.1 Å². The van der Waals surface area contributed by atoms with Crippen molar-refractivity contribution in [2.45, 2.75) is 46.3 Å². The molecule has 0 fully saturated rings. The molecule has 3 nitrogen and oxygen atoms in total. The fourth-order valence-corrected chi connectivity index (χ4v) is 2.50. The molecule has 20 heavy (non-hydrogen) atoms.